The van der Waals surface area contributed by atoms with Crippen LogP contribution in [0.2, 0.25) is 0 Å². The summed E-state index contributed by atoms with van der Waals surface area (Å²) in [5, 5.41) is 3.28. The molecule has 0 spiro atoms. The van der Waals surface area contributed by atoms with Gasteiger partial charge in [0, 0.05) is 25.7 Å². The van der Waals surface area contributed by atoms with E-state index < -0.39 is 6.10 Å². The molecular formula is C16H24N2O3. The molecule has 0 aliphatic carbocycles. The molecule has 0 radical (unpaired) electrons. The monoisotopic (exact) mass is 292 g/mol. The Morgan fingerprint density at radius 3 is 3.05 bits per heavy atom. The van der Waals surface area contributed by atoms with Crippen molar-refractivity contribution in [1.29, 1.82) is 0 Å². The van der Waals surface area contributed by atoms with Crippen molar-refractivity contribution in [3.8, 4) is 5.75 Å². The fourth-order valence-corrected chi connectivity index (χ4v) is 2.46. The highest BCUT2D eigenvalue weighted by molar-refractivity contribution is 5.81. The minimum atomic E-state index is -0.434. The van der Waals surface area contributed by atoms with Crippen molar-refractivity contribution in [2.75, 3.05) is 26.7 Å². The van der Waals surface area contributed by atoms with E-state index in [9.17, 15) is 4.79 Å². The van der Waals surface area contributed by atoms with Crippen molar-refractivity contribution in [2.45, 2.75) is 32.6 Å². The number of amides is 1. The highest BCUT2D eigenvalue weighted by Gasteiger charge is 2.27. The second-order valence-electron chi connectivity index (χ2n) is 5.39. The SMILES string of the molecule is COc1cccc(COC(C)C(=O)N2CCNC[C@H]2C)c1. The van der Waals surface area contributed by atoms with Gasteiger partial charge in [-0.15, -0.1) is 0 Å². The van der Waals surface area contributed by atoms with Crippen LogP contribution in [0.1, 0.15) is 19.4 Å². The molecular weight excluding hydrogens is 268 g/mol. The Hall–Kier alpha value is -1.59. The molecule has 1 N–H and O–H groups in total. The zero-order valence-corrected chi connectivity index (χ0v) is 13.0. The minimum absolute atomic E-state index is 0.0619. The van der Waals surface area contributed by atoms with Gasteiger partial charge in [-0.1, -0.05) is 12.1 Å². The van der Waals surface area contributed by atoms with Crippen LogP contribution in [0, 0.1) is 0 Å². The minimum Gasteiger partial charge on any atom is -0.497 e. The van der Waals surface area contributed by atoms with E-state index in [4.69, 9.17) is 9.47 Å². The van der Waals surface area contributed by atoms with Crippen LogP contribution >= 0.6 is 0 Å². The lowest BCUT2D eigenvalue weighted by molar-refractivity contribution is -0.146. The topological polar surface area (TPSA) is 50.8 Å². The standard InChI is InChI=1S/C16H24N2O3/c1-12-10-17-7-8-18(12)16(19)13(2)21-11-14-5-4-6-15(9-14)20-3/h4-6,9,12-13,17H,7-8,10-11H2,1-3H3/t12-,13?/m1/s1. The first kappa shape index (κ1) is 15.8. The Labute approximate surface area is 126 Å². The average Bonchev–Trinajstić information content (AvgIpc) is 2.52. The molecule has 1 amide bonds. The molecule has 1 aliphatic heterocycles. The fraction of sp³-hybridized carbons (Fsp3) is 0.562. The van der Waals surface area contributed by atoms with Crippen LogP contribution in [-0.4, -0.2) is 49.7 Å². The summed E-state index contributed by atoms with van der Waals surface area (Å²) in [5.74, 6) is 0.859. The number of carbonyl (C=O) groups excluding carboxylic acids is 1. The molecule has 1 aromatic rings. The van der Waals surface area contributed by atoms with Crippen molar-refractivity contribution in [1.82, 2.24) is 10.2 Å². The van der Waals surface area contributed by atoms with Gasteiger partial charge < -0.3 is 19.7 Å². The Balaban J connectivity index is 1.88. The molecule has 2 atom stereocenters. The van der Waals surface area contributed by atoms with Gasteiger partial charge >= 0.3 is 0 Å². The second-order valence-corrected chi connectivity index (χ2v) is 5.39. The van der Waals surface area contributed by atoms with Crippen molar-refractivity contribution in [3.63, 3.8) is 0 Å². The van der Waals surface area contributed by atoms with Crippen molar-refractivity contribution < 1.29 is 14.3 Å². The quantitative estimate of drug-likeness (QED) is 0.892. The van der Waals surface area contributed by atoms with Crippen molar-refractivity contribution >= 4 is 5.91 Å². The number of nitrogens with one attached hydrogen (secondary N) is 1. The Kier molecular flexibility index (Phi) is 5.59. The summed E-state index contributed by atoms with van der Waals surface area (Å²) < 4.78 is 10.9. The number of hydrogen-bond donors (Lipinski definition) is 1. The molecule has 1 saturated heterocycles. The molecule has 1 fully saturated rings. The Morgan fingerprint density at radius 1 is 1.52 bits per heavy atom. The molecule has 0 saturated carbocycles. The number of hydrogen-bond acceptors (Lipinski definition) is 4. The van der Waals surface area contributed by atoms with Gasteiger partial charge in [0.05, 0.1) is 13.7 Å². The van der Waals surface area contributed by atoms with Gasteiger partial charge in [0.1, 0.15) is 11.9 Å². The summed E-state index contributed by atoms with van der Waals surface area (Å²) in [4.78, 5) is 14.3. The van der Waals surface area contributed by atoms with Crippen LogP contribution in [0.15, 0.2) is 24.3 Å². The third-order valence-electron chi connectivity index (χ3n) is 3.77. The van der Waals surface area contributed by atoms with Gasteiger partial charge in [0.15, 0.2) is 0 Å². The predicted molar refractivity (Wildman–Crippen MR) is 81.3 cm³/mol. The number of rotatable bonds is 5. The molecule has 21 heavy (non-hydrogen) atoms. The summed E-state index contributed by atoms with van der Waals surface area (Å²) in [7, 11) is 1.64. The highest BCUT2D eigenvalue weighted by atomic mass is 16.5. The van der Waals surface area contributed by atoms with Gasteiger partial charge in [-0.25, -0.2) is 0 Å². The molecule has 1 unspecified atom stereocenters. The van der Waals surface area contributed by atoms with E-state index in [0.717, 1.165) is 30.9 Å². The smallest absolute Gasteiger partial charge is 0.251 e. The third kappa shape index (κ3) is 4.19. The molecule has 1 aromatic carbocycles. The molecule has 116 valence electrons. The van der Waals surface area contributed by atoms with E-state index >= 15 is 0 Å². The molecule has 0 aromatic heterocycles. The summed E-state index contributed by atoms with van der Waals surface area (Å²) in [6, 6.07) is 7.91. The van der Waals surface area contributed by atoms with Crippen LogP contribution in [0.4, 0.5) is 0 Å². The zero-order chi connectivity index (χ0) is 15.2. The summed E-state index contributed by atoms with van der Waals surface area (Å²) in [5.41, 5.74) is 1.00. The zero-order valence-electron chi connectivity index (χ0n) is 13.0. The maximum Gasteiger partial charge on any atom is 0.251 e. The number of methoxy groups -OCH3 is 1. The second kappa shape index (κ2) is 7.43. The first-order chi connectivity index (χ1) is 10.1. The Morgan fingerprint density at radius 2 is 2.33 bits per heavy atom. The van der Waals surface area contributed by atoms with E-state index in [1.807, 2.05) is 36.1 Å². The Bertz CT molecular complexity index is 478. The number of ether oxygens (including phenoxy) is 2. The largest absolute Gasteiger partial charge is 0.497 e. The van der Waals surface area contributed by atoms with Crippen LogP contribution in [0.3, 0.4) is 0 Å². The van der Waals surface area contributed by atoms with E-state index in [-0.39, 0.29) is 11.9 Å². The van der Waals surface area contributed by atoms with E-state index in [1.54, 1.807) is 7.11 Å². The molecule has 5 heteroatoms. The maximum atomic E-state index is 12.4. The first-order valence-electron chi connectivity index (χ1n) is 7.37. The highest BCUT2D eigenvalue weighted by Crippen LogP contribution is 2.15. The average molecular weight is 292 g/mol. The third-order valence-corrected chi connectivity index (χ3v) is 3.77. The van der Waals surface area contributed by atoms with Crippen LogP contribution in [0.5, 0.6) is 5.75 Å². The number of benzene rings is 1. The van der Waals surface area contributed by atoms with Crippen LogP contribution < -0.4 is 10.1 Å². The van der Waals surface area contributed by atoms with Gasteiger partial charge in [0.2, 0.25) is 0 Å². The van der Waals surface area contributed by atoms with E-state index in [2.05, 4.69) is 12.2 Å². The van der Waals surface area contributed by atoms with Gasteiger partial charge in [-0.05, 0) is 31.5 Å². The van der Waals surface area contributed by atoms with Gasteiger partial charge in [-0.2, -0.15) is 0 Å². The molecule has 1 aliphatic rings. The summed E-state index contributed by atoms with van der Waals surface area (Å²) in [6.45, 7) is 6.71. The van der Waals surface area contributed by atoms with E-state index in [1.165, 1.54) is 0 Å². The lowest BCUT2D eigenvalue weighted by Crippen LogP contribution is -2.54. The maximum absolute atomic E-state index is 12.4. The summed E-state index contributed by atoms with van der Waals surface area (Å²) in [6.07, 6.45) is -0.434. The molecule has 0 bridgehead atoms. The molecule has 2 rings (SSSR count). The normalized spacial score (nSPS) is 20.1. The van der Waals surface area contributed by atoms with Crippen molar-refractivity contribution in [3.05, 3.63) is 29.8 Å². The number of nitrogens with zero attached hydrogens (tertiary/aromatic N) is 1. The van der Waals surface area contributed by atoms with Gasteiger partial charge in [0.25, 0.3) is 5.91 Å². The fourth-order valence-electron chi connectivity index (χ4n) is 2.46. The summed E-state index contributed by atoms with van der Waals surface area (Å²) >= 11 is 0. The lowest BCUT2D eigenvalue weighted by atomic mass is 10.2. The lowest BCUT2D eigenvalue weighted by Gasteiger charge is -2.35. The first-order valence-corrected chi connectivity index (χ1v) is 7.37. The van der Waals surface area contributed by atoms with E-state index in [0.29, 0.717) is 6.61 Å². The van der Waals surface area contributed by atoms with Crippen LogP contribution in [0.25, 0.3) is 0 Å². The number of carbonyl (C=O) groups is 1. The molecule has 5 nitrogen and oxygen atoms in total. The van der Waals surface area contributed by atoms with Gasteiger partial charge in [-0.3, -0.25) is 4.79 Å². The molecule has 1 heterocycles. The van der Waals surface area contributed by atoms with Crippen molar-refractivity contribution in [2.24, 2.45) is 0 Å². The van der Waals surface area contributed by atoms with Crippen LogP contribution in [-0.2, 0) is 16.1 Å². The number of piperazine rings is 1. The predicted octanol–water partition coefficient (Wildman–Crippen LogP) is 1.42.